The third-order valence-corrected chi connectivity index (χ3v) is 2.16. The summed E-state index contributed by atoms with van der Waals surface area (Å²) in [5.41, 5.74) is 11.8. The average Bonchev–Trinajstić information content (AvgIpc) is 2.10. The van der Waals surface area contributed by atoms with Crippen molar-refractivity contribution in [3.8, 4) is 0 Å². The van der Waals surface area contributed by atoms with Crippen LogP contribution in [-0.2, 0) is 0 Å². The Kier molecular flexibility index (Phi) is 3.66. The van der Waals surface area contributed by atoms with Gasteiger partial charge in [0.2, 0.25) is 0 Å². The van der Waals surface area contributed by atoms with Gasteiger partial charge in [-0.3, -0.25) is 0 Å². The van der Waals surface area contributed by atoms with Crippen molar-refractivity contribution in [1.82, 2.24) is 0 Å². The minimum absolute atomic E-state index is 0.115. The number of rotatable bonds is 3. The molecule has 0 saturated heterocycles. The fourth-order valence-corrected chi connectivity index (χ4v) is 1.21. The van der Waals surface area contributed by atoms with Crippen LogP contribution in [0.25, 0.3) is 0 Å². The van der Waals surface area contributed by atoms with E-state index < -0.39 is 5.82 Å². The van der Waals surface area contributed by atoms with Gasteiger partial charge in [0, 0.05) is 6.04 Å². The first-order valence-electron chi connectivity index (χ1n) is 4.05. The number of hydrogen-bond acceptors (Lipinski definition) is 2. The lowest BCUT2D eigenvalue weighted by Crippen LogP contribution is -2.15. The third kappa shape index (κ3) is 2.66. The highest BCUT2D eigenvalue weighted by Gasteiger charge is 2.07. The van der Waals surface area contributed by atoms with E-state index in [9.17, 15) is 4.39 Å². The van der Waals surface area contributed by atoms with Crippen molar-refractivity contribution in [3.63, 3.8) is 0 Å². The maximum atomic E-state index is 13.0. The van der Waals surface area contributed by atoms with E-state index in [-0.39, 0.29) is 11.1 Å². The minimum atomic E-state index is -0.438. The zero-order valence-corrected chi connectivity index (χ0v) is 7.89. The average molecular weight is 203 g/mol. The Morgan fingerprint density at radius 1 is 1.46 bits per heavy atom. The van der Waals surface area contributed by atoms with Gasteiger partial charge in [-0.1, -0.05) is 17.7 Å². The third-order valence-electron chi connectivity index (χ3n) is 1.85. The highest BCUT2D eigenvalue weighted by Crippen LogP contribution is 2.20. The zero-order valence-electron chi connectivity index (χ0n) is 7.13. The lowest BCUT2D eigenvalue weighted by molar-refractivity contribution is 0.612. The molecule has 4 heteroatoms. The predicted molar refractivity (Wildman–Crippen MR) is 52.0 cm³/mol. The van der Waals surface area contributed by atoms with Crippen LogP contribution in [0.2, 0.25) is 5.02 Å². The number of halogens is 2. The molecule has 1 atom stereocenters. The van der Waals surface area contributed by atoms with E-state index in [1.54, 1.807) is 6.07 Å². The lowest BCUT2D eigenvalue weighted by atomic mass is 10.1. The SMILES string of the molecule is NCCC(N)c1ccc(Cl)c(F)c1. The molecule has 72 valence electrons. The van der Waals surface area contributed by atoms with Crippen LogP contribution in [0.3, 0.4) is 0 Å². The predicted octanol–water partition coefficient (Wildman–Crippen LogP) is 1.83. The van der Waals surface area contributed by atoms with E-state index in [0.717, 1.165) is 5.56 Å². The molecule has 0 radical (unpaired) electrons. The molecule has 0 aliphatic carbocycles. The van der Waals surface area contributed by atoms with Gasteiger partial charge in [-0.2, -0.15) is 0 Å². The van der Waals surface area contributed by atoms with Gasteiger partial charge in [0.25, 0.3) is 0 Å². The van der Waals surface area contributed by atoms with Crippen LogP contribution < -0.4 is 11.5 Å². The summed E-state index contributed by atoms with van der Waals surface area (Å²) >= 11 is 5.52. The number of benzene rings is 1. The molecule has 2 nitrogen and oxygen atoms in total. The molecule has 0 fully saturated rings. The molecule has 0 saturated carbocycles. The van der Waals surface area contributed by atoms with Gasteiger partial charge in [0.15, 0.2) is 0 Å². The van der Waals surface area contributed by atoms with Gasteiger partial charge in [-0.25, -0.2) is 4.39 Å². The van der Waals surface area contributed by atoms with Crippen LogP contribution in [-0.4, -0.2) is 6.54 Å². The molecular formula is C9H12ClFN2. The summed E-state index contributed by atoms with van der Waals surface area (Å²) in [5, 5.41) is 0.115. The van der Waals surface area contributed by atoms with Crippen molar-refractivity contribution >= 4 is 11.6 Å². The van der Waals surface area contributed by atoms with Crippen molar-refractivity contribution in [3.05, 3.63) is 34.6 Å². The Morgan fingerprint density at radius 2 is 2.15 bits per heavy atom. The van der Waals surface area contributed by atoms with E-state index in [0.29, 0.717) is 13.0 Å². The number of hydrogen-bond donors (Lipinski definition) is 2. The molecule has 0 aliphatic heterocycles. The Labute approximate surface area is 81.7 Å². The first-order chi connectivity index (χ1) is 6.15. The van der Waals surface area contributed by atoms with Crippen LogP contribution in [0.1, 0.15) is 18.0 Å². The smallest absolute Gasteiger partial charge is 0.142 e. The second-order valence-corrected chi connectivity index (χ2v) is 3.26. The van der Waals surface area contributed by atoms with Crippen LogP contribution in [0.15, 0.2) is 18.2 Å². The summed E-state index contributed by atoms with van der Waals surface area (Å²) in [6.07, 6.45) is 0.640. The fourth-order valence-electron chi connectivity index (χ4n) is 1.09. The normalized spacial score (nSPS) is 12.9. The van der Waals surface area contributed by atoms with Crippen molar-refractivity contribution in [2.24, 2.45) is 11.5 Å². The summed E-state index contributed by atoms with van der Waals surface area (Å²) in [7, 11) is 0. The zero-order chi connectivity index (χ0) is 9.84. The maximum Gasteiger partial charge on any atom is 0.142 e. The monoisotopic (exact) mass is 202 g/mol. The summed E-state index contributed by atoms with van der Waals surface area (Å²) in [4.78, 5) is 0. The second kappa shape index (κ2) is 4.56. The van der Waals surface area contributed by atoms with E-state index in [2.05, 4.69) is 0 Å². The molecule has 1 rings (SSSR count). The van der Waals surface area contributed by atoms with Crippen molar-refractivity contribution in [2.75, 3.05) is 6.54 Å². The molecule has 13 heavy (non-hydrogen) atoms. The largest absolute Gasteiger partial charge is 0.330 e. The Hall–Kier alpha value is -0.640. The van der Waals surface area contributed by atoms with Gasteiger partial charge < -0.3 is 11.5 Å². The molecule has 0 heterocycles. The van der Waals surface area contributed by atoms with Gasteiger partial charge >= 0.3 is 0 Å². The van der Waals surface area contributed by atoms with Crippen LogP contribution in [0.4, 0.5) is 4.39 Å². The van der Waals surface area contributed by atoms with Gasteiger partial charge in [-0.15, -0.1) is 0 Å². The van der Waals surface area contributed by atoms with Crippen LogP contribution in [0, 0.1) is 5.82 Å². The molecule has 0 aromatic heterocycles. The van der Waals surface area contributed by atoms with Gasteiger partial charge in [-0.05, 0) is 30.7 Å². The maximum absolute atomic E-state index is 13.0. The summed E-state index contributed by atoms with van der Waals surface area (Å²) in [5.74, 6) is -0.438. The lowest BCUT2D eigenvalue weighted by Gasteiger charge is -2.10. The molecule has 1 aromatic carbocycles. The quantitative estimate of drug-likeness (QED) is 0.786. The summed E-state index contributed by atoms with van der Waals surface area (Å²) in [6, 6.07) is 4.36. The first kappa shape index (κ1) is 10.4. The standard InChI is InChI=1S/C9H12ClFN2/c10-7-2-1-6(5-8(7)11)9(13)3-4-12/h1-2,5,9H,3-4,12-13H2. The van der Waals surface area contributed by atoms with Crippen molar-refractivity contribution < 1.29 is 4.39 Å². The van der Waals surface area contributed by atoms with E-state index in [4.69, 9.17) is 23.1 Å². The Balaban J connectivity index is 2.84. The molecule has 4 N–H and O–H groups in total. The van der Waals surface area contributed by atoms with E-state index in [1.165, 1.54) is 12.1 Å². The topological polar surface area (TPSA) is 52.0 Å². The van der Waals surface area contributed by atoms with Crippen molar-refractivity contribution in [1.29, 1.82) is 0 Å². The molecule has 0 aliphatic rings. The Morgan fingerprint density at radius 3 is 2.69 bits per heavy atom. The molecule has 0 amide bonds. The first-order valence-corrected chi connectivity index (χ1v) is 4.43. The second-order valence-electron chi connectivity index (χ2n) is 2.86. The Bertz CT molecular complexity index is 291. The van der Waals surface area contributed by atoms with Gasteiger partial charge in [0.1, 0.15) is 5.82 Å². The highest BCUT2D eigenvalue weighted by atomic mass is 35.5. The molecule has 0 spiro atoms. The van der Waals surface area contributed by atoms with Crippen molar-refractivity contribution in [2.45, 2.75) is 12.5 Å². The fraction of sp³-hybridized carbons (Fsp3) is 0.333. The number of nitrogens with two attached hydrogens (primary N) is 2. The van der Waals surface area contributed by atoms with E-state index in [1.807, 2.05) is 0 Å². The highest BCUT2D eigenvalue weighted by molar-refractivity contribution is 6.30. The minimum Gasteiger partial charge on any atom is -0.330 e. The van der Waals surface area contributed by atoms with Crippen LogP contribution in [0.5, 0.6) is 0 Å². The van der Waals surface area contributed by atoms with E-state index >= 15 is 0 Å². The molecule has 1 aromatic rings. The molecule has 1 unspecified atom stereocenters. The molecule has 0 bridgehead atoms. The summed E-state index contributed by atoms with van der Waals surface area (Å²) < 4.78 is 13.0. The summed E-state index contributed by atoms with van der Waals surface area (Å²) in [6.45, 7) is 0.491. The van der Waals surface area contributed by atoms with Gasteiger partial charge in [0.05, 0.1) is 5.02 Å². The molecular weight excluding hydrogens is 191 g/mol. The van der Waals surface area contributed by atoms with Crippen LogP contribution >= 0.6 is 11.6 Å².